The van der Waals surface area contributed by atoms with E-state index < -0.39 is 25.2 Å². The summed E-state index contributed by atoms with van der Waals surface area (Å²) < 4.78 is 115. The van der Waals surface area contributed by atoms with Gasteiger partial charge in [0.2, 0.25) is 25.2 Å². The van der Waals surface area contributed by atoms with Crippen molar-refractivity contribution in [1.82, 2.24) is 39.9 Å². The van der Waals surface area contributed by atoms with Crippen molar-refractivity contribution in [3.8, 4) is 92.0 Å². The molecule has 12 aromatic rings. The zero-order valence-corrected chi connectivity index (χ0v) is 88.1. The first kappa shape index (κ1) is 105. The SMILES string of the molecule is CCCCCCCCCCCC1c2cc3c4cc2Oc2cc5nc(C(OCC)OCC)[nH]c5cc2Oc2cc5c(cc21)C(CCCCCCCCCCC)c1cc2c(cc1Oc1cc6[nH]c(C(OCC)OCC)nc6cc1O5)Oc1cc5nc(C(OCC)OCC)[nH]c5cc1Oc1cc(c(cc1C2CCCCCCCCCCC)C3CCCCCCCCCCC)Oc1cc2[nH]c(C(OCC)OCC)nc2cc1O4. The van der Waals surface area contributed by atoms with Crippen molar-refractivity contribution in [2.45, 2.75) is 389 Å². The number of aromatic amines is 4. The van der Waals surface area contributed by atoms with Crippen molar-refractivity contribution in [3.05, 3.63) is 165 Å². The van der Waals surface area contributed by atoms with Crippen LogP contribution < -0.4 is 37.9 Å². The molecular weight excluding hydrogens is 1810 g/mol. The molecule has 24 nitrogen and oxygen atoms in total. The van der Waals surface area contributed by atoms with Crippen LogP contribution in [0.15, 0.2) is 97.1 Å². The maximum absolute atomic E-state index is 8.02. The second-order valence-corrected chi connectivity index (χ2v) is 39.9. The summed E-state index contributed by atoms with van der Waals surface area (Å²) >= 11 is 0. The van der Waals surface area contributed by atoms with Crippen LogP contribution in [0.4, 0.5) is 0 Å². The second kappa shape index (κ2) is 52.4. The third kappa shape index (κ3) is 25.4. The van der Waals surface area contributed by atoms with Crippen LogP contribution in [-0.2, 0) is 37.9 Å². The molecule has 0 saturated carbocycles. The summed E-state index contributed by atoms with van der Waals surface area (Å²) in [7, 11) is 0. The first-order valence-corrected chi connectivity index (χ1v) is 56.1. The standard InChI is InChI=1S/C120H160N8O16/c1-13-25-29-33-37-41-45-49-53-57-77-81-61-83-78(58-54-50-46-42-38-34-30-26-14-2)85-63-87-80(60-56-52-48-44-40-36-32-28-16-4)88-64-86-79(59-55-51-47-43-39-35-31-27-15-3)84-62-82(77)98-74-100(84)140-108-68-92-94(126-115(124-92)119(133-21-9)134-22-10)70-110(108)142-102(86)76-104(88)144-112-72-96-95(127-116(128-96)120(135-23-11)136-24-12)71-111(112)143-103(87)75-101(85)141-109-69-93-91(123-114(125-93)118(131-19-7)132-20-8)67-107(109)139-99(83)73-97(81)137-105-65-89-90(66-106(105)138-98)122-113(121-89)117(129-17-5)130-18-6/h61-80,117-120H,13-60H2,1-12H3,(H,121,122)(H,123,125)(H,124,126)(H,127,128). The highest BCUT2D eigenvalue weighted by Gasteiger charge is 2.41. The van der Waals surface area contributed by atoms with Gasteiger partial charge in [-0.3, -0.25) is 0 Å². The lowest BCUT2D eigenvalue weighted by molar-refractivity contribution is -0.144. The molecule has 0 amide bonds. The van der Waals surface area contributed by atoms with E-state index in [-0.39, 0.29) is 23.7 Å². The summed E-state index contributed by atoms with van der Waals surface area (Å²) in [6, 6.07) is 34.8. The van der Waals surface area contributed by atoms with Crippen molar-refractivity contribution in [2.24, 2.45) is 0 Å². The lowest BCUT2D eigenvalue weighted by Gasteiger charge is -2.30. The molecule has 0 radical (unpaired) electrons. The van der Waals surface area contributed by atoms with Crippen LogP contribution in [0, 0.1) is 0 Å². The van der Waals surface area contributed by atoms with Crippen LogP contribution >= 0.6 is 0 Å². The summed E-state index contributed by atoms with van der Waals surface area (Å²) in [5.74, 6) is 8.95. The molecule has 8 aromatic carbocycles. The quantitative estimate of drug-likeness (QED) is 0.0204. The Labute approximate surface area is 853 Å². The number of fused-ring (bicyclic) bond motifs is 8. The number of benzene rings is 8. The molecule has 4 atom stereocenters. The van der Waals surface area contributed by atoms with E-state index in [9.17, 15) is 0 Å². The predicted molar refractivity (Wildman–Crippen MR) is 569 cm³/mol. The first-order valence-electron chi connectivity index (χ1n) is 56.1. The number of H-pyrrole nitrogens is 4. The van der Waals surface area contributed by atoms with E-state index in [4.69, 9.17) is 95.7 Å². The Morgan fingerprint density at radius 2 is 0.340 bits per heavy atom. The molecule has 4 aliphatic heterocycles. The van der Waals surface area contributed by atoms with Gasteiger partial charge in [-0.15, -0.1) is 0 Å². The van der Waals surface area contributed by atoms with Gasteiger partial charge in [-0.2, -0.15) is 0 Å². The minimum Gasteiger partial charge on any atom is -0.453 e. The topological polar surface area (TPSA) is 262 Å². The van der Waals surface area contributed by atoms with Gasteiger partial charge in [0.25, 0.3) is 0 Å². The van der Waals surface area contributed by atoms with Gasteiger partial charge in [0.15, 0.2) is 69.3 Å². The zero-order chi connectivity index (χ0) is 99.6. The van der Waals surface area contributed by atoms with Gasteiger partial charge in [-0.05, 0) is 105 Å². The van der Waals surface area contributed by atoms with E-state index in [1.165, 1.54) is 128 Å². The number of nitrogens with one attached hydrogen (secondary N) is 4. The normalized spacial score (nSPS) is 15.4. The molecule has 24 heteroatoms. The van der Waals surface area contributed by atoms with Crippen molar-refractivity contribution in [2.75, 3.05) is 52.9 Å². The van der Waals surface area contributed by atoms with Crippen molar-refractivity contribution in [1.29, 1.82) is 0 Å². The second-order valence-electron chi connectivity index (χ2n) is 39.9. The van der Waals surface area contributed by atoms with Gasteiger partial charge in [-0.25, -0.2) is 19.9 Å². The minimum absolute atomic E-state index is 0.386. The molecular formula is C120H160N8O16. The van der Waals surface area contributed by atoms with Crippen molar-refractivity contribution >= 4 is 44.1 Å². The molecule has 8 heterocycles. The van der Waals surface area contributed by atoms with Crippen LogP contribution in [-0.4, -0.2) is 92.7 Å². The van der Waals surface area contributed by atoms with Crippen LogP contribution in [0.2, 0.25) is 0 Å². The Hall–Kier alpha value is -10.3. The van der Waals surface area contributed by atoms with Crippen LogP contribution in [0.3, 0.4) is 0 Å². The Balaban J connectivity index is 0.999. The maximum Gasteiger partial charge on any atom is 0.217 e. The number of hydrogen-bond donors (Lipinski definition) is 4. The molecule has 0 fully saturated rings. The lowest BCUT2D eigenvalue weighted by atomic mass is 9.76. The fraction of sp³-hybridized carbons (Fsp3) is 0.567. The van der Waals surface area contributed by atoms with Crippen LogP contribution in [0.1, 0.15) is 457 Å². The molecule has 776 valence electrons. The molecule has 8 bridgehead atoms. The van der Waals surface area contributed by atoms with Crippen LogP contribution in [0.25, 0.3) is 44.1 Å². The Morgan fingerprint density at radius 3 is 0.500 bits per heavy atom. The van der Waals surface area contributed by atoms with Crippen LogP contribution in [0.5, 0.6) is 92.0 Å². The number of nitrogens with zero attached hydrogens (tertiary/aromatic N) is 4. The number of imidazole rings is 4. The average Bonchev–Trinajstić information content (AvgIpc) is 1.61. The molecule has 17 rings (SSSR count). The average molecular weight is 1970 g/mol. The van der Waals surface area contributed by atoms with Crippen molar-refractivity contribution in [3.63, 3.8) is 0 Å². The third-order valence-electron chi connectivity index (χ3n) is 29.4. The largest absolute Gasteiger partial charge is 0.453 e. The van der Waals surface area contributed by atoms with E-state index in [1.807, 2.05) is 104 Å². The highest BCUT2D eigenvalue weighted by molar-refractivity contribution is 5.85. The summed E-state index contributed by atoms with van der Waals surface area (Å²) in [6.45, 7) is 28.1. The van der Waals surface area contributed by atoms with Gasteiger partial charge >= 0.3 is 0 Å². The fourth-order valence-electron chi connectivity index (χ4n) is 22.0. The summed E-state index contributed by atoms with van der Waals surface area (Å²) in [5, 5.41) is 0. The maximum atomic E-state index is 8.02. The third-order valence-corrected chi connectivity index (χ3v) is 29.4. The Kier molecular flexibility index (Phi) is 38.2. The molecule has 1 aliphatic carbocycles. The summed E-state index contributed by atoms with van der Waals surface area (Å²) in [6.07, 6.45) is 41.3. The monoisotopic (exact) mass is 1970 g/mol. The molecule has 0 spiro atoms. The summed E-state index contributed by atoms with van der Waals surface area (Å²) in [4.78, 5) is 35.8. The molecule has 144 heavy (non-hydrogen) atoms. The fourth-order valence-corrected chi connectivity index (χ4v) is 22.0. The van der Waals surface area contributed by atoms with Gasteiger partial charge in [0, 0.05) is 194 Å². The highest BCUT2D eigenvalue weighted by Crippen LogP contribution is 2.61. The van der Waals surface area contributed by atoms with E-state index in [1.54, 1.807) is 0 Å². The van der Waals surface area contributed by atoms with E-state index in [0.29, 0.717) is 212 Å². The minimum atomic E-state index is -0.774. The first-order chi connectivity index (χ1) is 70.8. The van der Waals surface area contributed by atoms with E-state index in [2.05, 4.69) is 96.2 Å². The number of hydrogen-bond acceptors (Lipinski definition) is 20. The summed E-state index contributed by atoms with van der Waals surface area (Å²) in [5.41, 5.74) is 13.3. The number of ether oxygens (including phenoxy) is 16. The van der Waals surface area contributed by atoms with Gasteiger partial charge < -0.3 is 95.7 Å². The Morgan fingerprint density at radius 1 is 0.188 bits per heavy atom. The molecule has 5 aliphatic rings. The van der Waals surface area contributed by atoms with Gasteiger partial charge in [0.1, 0.15) is 46.0 Å². The molecule has 4 N–H and O–H groups in total. The van der Waals surface area contributed by atoms with Gasteiger partial charge in [0.05, 0.1) is 44.1 Å². The smallest absolute Gasteiger partial charge is 0.217 e. The lowest BCUT2D eigenvalue weighted by Crippen LogP contribution is -2.13. The number of unbranched alkanes of at least 4 members (excludes halogenated alkanes) is 32. The number of rotatable bonds is 60. The molecule has 0 saturated heterocycles. The molecule has 4 aromatic heterocycles. The number of aromatic nitrogens is 8. The zero-order valence-electron chi connectivity index (χ0n) is 88.1. The Bertz CT molecular complexity index is 5130. The highest BCUT2D eigenvalue weighted by atomic mass is 16.7. The van der Waals surface area contributed by atoms with E-state index >= 15 is 0 Å². The molecule has 4 unspecified atom stereocenters. The van der Waals surface area contributed by atoms with Gasteiger partial charge in [-0.1, -0.05) is 259 Å². The van der Waals surface area contributed by atoms with E-state index in [0.717, 1.165) is 173 Å². The predicted octanol–water partition coefficient (Wildman–Crippen LogP) is 35.6. The van der Waals surface area contributed by atoms with Crippen molar-refractivity contribution < 1.29 is 75.8 Å².